The van der Waals surface area contributed by atoms with Crippen molar-refractivity contribution in [2.24, 2.45) is 0 Å². The Morgan fingerprint density at radius 1 is 1.03 bits per heavy atom. The van der Waals surface area contributed by atoms with Gasteiger partial charge >= 0.3 is 0 Å². The van der Waals surface area contributed by atoms with Crippen LogP contribution in [0.1, 0.15) is 24.2 Å². The average molecular weight is 413 g/mol. The number of rotatable bonds is 7. The summed E-state index contributed by atoms with van der Waals surface area (Å²) < 4.78 is 0. The molecule has 0 radical (unpaired) electrons. The lowest BCUT2D eigenvalue weighted by atomic mass is 10.2. The van der Waals surface area contributed by atoms with Gasteiger partial charge in [-0.05, 0) is 44.2 Å². The first kappa shape index (κ1) is 21.5. The van der Waals surface area contributed by atoms with E-state index in [1.165, 1.54) is 0 Å². The summed E-state index contributed by atoms with van der Waals surface area (Å²) in [4.78, 5) is 38.5. The summed E-state index contributed by atoms with van der Waals surface area (Å²) in [7, 11) is 0. The van der Waals surface area contributed by atoms with Gasteiger partial charge in [0.05, 0.1) is 26.2 Å². The number of anilines is 2. The lowest BCUT2D eigenvalue weighted by Gasteiger charge is -2.31. The lowest BCUT2D eigenvalue weighted by Crippen LogP contribution is -3.16. The Bertz CT molecular complexity index is 817. The van der Waals surface area contributed by atoms with Crippen molar-refractivity contribution in [2.45, 2.75) is 13.8 Å². The molecule has 2 aromatic rings. The molecule has 0 spiro atoms. The van der Waals surface area contributed by atoms with Crippen LogP contribution in [0.3, 0.4) is 0 Å². The SMILES string of the molecule is CCN(CC)c1ccc(C(=O)NNC(=O)C[NH+]2CCN(c3ncccn3)CC2)cc1. The summed E-state index contributed by atoms with van der Waals surface area (Å²) in [5.41, 5.74) is 6.61. The standard InChI is InChI=1S/C21H29N7O2/c1-3-27(4-2)18-8-6-17(7-9-18)20(30)25-24-19(29)16-26-12-14-28(15-13-26)21-22-10-5-11-23-21/h5-11H,3-4,12-16H2,1-2H3,(H,24,29)(H,25,30)/p+1. The van der Waals surface area contributed by atoms with E-state index < -0.39 is 0 Å². The number of carbonyl (C=O) groups is 2. The van der Waals surface area contributed by atoms with Gasteiger partial charge in [0.15, 0.2) is 6.54 Å². The minimum Gasteiger partial charge on any atom is -0.372 e. The Kier molecular flexibility index (Phi) is 7.56. The number of hydrazine groups is 1. The fourth-order valence-corrected chi connectivity index (χ4v) is 3.54. The molecule has 30 heavy (non-hydrogen) atoms. The molecule has 0 unspecified atom stereocenters. The van der Waals surface area contributed by atoms with Gasteiger partial charge in [0, 0.05) is 36.7 Å². The molecule has 0 saturated carbocycles. The van der Waals surface area contributed by atoms with Gasteiger partial charge in [-0.15, -0.1) is 0 Å². The Morgan fingerprint density at radius 2 is 1.67 bits per heavy atom. The minimum atomic E-state index is -0.324. The van der Waals surface area contributed by atoms with Crippen LogP contribution >= 0.6 is 0 Å². The monoisotopic (exact) mass is 412 g/mol. The zero-order chi connectivity index (χ0) is 21.3. The minimum absolute atomic E-state index is 0.206. The van der Waals surface area contributed by atoms with Gasteiger partial charge in [-0.3, -0.25) is 20.4 Å². The van der Waals surface area contributed by atoms with E-state index >= 15 is 0 Å². The lowest BCUT2D eigenvalue weighted by molar-refractivity contribution is -0.892. The third kappa shape index (κ3) is 5.66. The van der Waals surface area contributed by atoms with Crippen molar-refractivity contribution in [3.63, 3.8) is 0 Å². The molecule has 0 atom stereocenters. The summed E-state index contributed by atoms with van der Waals surface area (Å²) in [6, 6.07) is 9.17. The predicted molar refractivity (Wildman–Crippen MR) is 115 cm³/mol. The number of hydrogen-bond donors (Lipinski definition) is 3. The van der Waals surface area contributed by atoms with Crippen LogP contribution in [0, 0.1) is 0 Å². The van der Waals surface area contributed by atoms with Crippen molar-refractivity contribution in [2.75, 3.05) is 55.6 Å². The molecule has 1 fully saturated rings. The number of quaternary nitrogens is 1. The maximum atomic E-state index is 12.3. The van der Waals surface area contributed by atoms with E-state index in [-0.39, 0.29) is 11.8 Å². The molecule has 1 aliphatic rings. The maximum absolute atomic E-state index is 12.3. The van der Waals surface area contributed by atoms with Gasteiger partial charge in [0.2, 0.25) is 5.95 Å². The third-order valence-corrected chi connectivity index (χ3v) is 5.29. The number of aromatic nitrogens is 2. The van der Waals surface area contributed by atoms with Crippen molar-refractivity contribution in [1.29, 1.82) is 0 Å². The molecule has 3 N–H and O–H groups in total. The molecule has 3 rings (SSSR count). The van der Waals surface area contributed by atoms with E-state index in [1.54, 1.807) is 30.6 Å². The quantitative estimate of drug-likeness (QED) is 0.531. The number of hydrogen-bond acceptors (Lipinski definition) is 6. The second-order valence-electron chi connectivity index (χ2n) is 7.18. The molecule has 1 saturated heterocycles. The Hall–Kier alpha value is -3.20. The highest BCUT2D eigenvalue weighted by atomic mass is 16.2. The van der Waals surface area contributed by atoms with Crippen molar-refractivity contribution >= 4 is 23.5 Å². The number of nitrogens with one attached hydrogen (secondary N) is 3. The fraction of sp³-hybridized carbons (Fsp3) is 0.429. The third-order valence-electron chi connectivity index (χ3n) is 5.29. The number of amides is 2. The van der Waals surface area contributed by atoms with Gasteiger partial charge in [0.25, 0.3) is 11.8 Å². The van der Waals surface area contributed by atoms with Crippen molar-refractivity contribution in [3.8, 4) is 0 Å². The highest BCUT2D eigenvalue weighted by Crippen LogP contribution is 2.14. The largest absolute Gasteiger partial charge is 0.372 e. The Labute approximate surface area is 177 Å². The maximum Gasteiger partial charge on any atom is 0.293 e. The molecular weight excluding hydrogens is 382 g/mol. The normalized spacial score (nSPS) is 14.3. The first-order valence-corrected chi connectivity index (χ1v) is 10.4. The van der Waals surface area contributed by atoms with Crippen molar-refractivity contribution < 1.29 is 14.5 Å². The van der Waals surface area contributed by atoms with Crippen LogP contribution < -0.4 is 25.6 Å². The molecule has 0 bridgehead atoms. The topological polar surface area (TPSA) is 94.9 Å². The highest BCUT2D eigenvalue weighted by Gasteiger charge is 2.23. The van der Waals surface area contributed by atoms with Gasteiger partial charge in [-0.1, -0.05) is 0 Å². The van der Waals surface area contributed by atoms with E-state index in [4.69, 9.17) is 0 Å². The van der Waals surface area contributed by atoms with Crippen molar-refractivity contribution in [3.05, 3.63) is 48.3 Å². The number of carbonyl (C=O) groups excluding carboxylic acids is 2. The number of nitrogens with zero attached hydrogens (tertiary/aromatic N) is 4. The van der Waals surface area contributed by atoms with Gasteiger partial charge in [-0.2, -0.15) is 0 Å². The summed E-state index contributed by atoms with van der Waals surface area (Å²) >= 11 is 0. The predicted octanol–water partition coefficient (Wildman–Crippen LogP) is -0.511. The smallest absolute Gasteiger partial charge is 0.293 e. The molecule has 1 aliphatic heterocycles. The van der Waals surface area contributed by atoms with Crippen LogP contribution in [0.15, 0.2) is 42.7 Å². The van der Waals surface area contributed by atoms with Crippen molar-refractivity contribution in [1.82, 2.24) is 20.8 Å². The Balaban J connectivity index is 1.41. The molecule has 160 valence electrons. The zero-order valence-electron chi connectivity index (χ0n) is 17.6. The summed E-state index contributed by atoms with van der Waals surface area (Å²) in [6.07, 6.45) is 3.46. The van der Waals surface area contributed by atoms with E-state index in [1.807, 2.05) is 12.1 Å². The van der Waals surface area contributed by atoms with E-state index in [0.717, 1.165) is 55.8 Å². The molecule has 1 aromatic heterocycles. The van der Waals surface area contributed by atoms with E-state index in [9.17, 15) is 9.59 Å². The zero-order valence-corrected chi connectivity index (χ0v) is 17.6. The first-order valence-electron chi connectivity index (χ1n) is 10.4. The van der Waals surface area contributed by atoms with Crippen LogP contribution in [0.5, 0.6) is 0 Å². The number of benzene rings is 1. The molecule has 2 amide bonds. The van der Waals surface area contributed by atoms with Crippen LogP contribution in [-0.2, 0) is 4.79 Å². The molecule has 2 heterocycles. The van der Waals surface area contributed by atoms with E-state index in [2.05, 4.69) is 44.5 Å². The van der Waals surface area contributed by atoms with Crippen LogP contribution in [0.25, 0.3) is 0 Å². The number of piperazine rings is 1. The fourth-order valence-electron chi connectivity index (χ4n) is 3.54. The summed E-state index contributed by atoms with van der Waals surface area (Å²) in [5, 5.41) is 0. The molecular formula is C21H30N7O2+. The van der Waals surface area contributed by atoms with Crippen LogP contribution in [0.2, 0.25) is 0 Å². The Morgan fingerprint density at radius 3 is 2.27 bits per heavy atom. The van der Waals surface area contributed by atoms with Crippen LogP contribution in [0.4, 0.5) is 11.6 Å². The molecule has 1 aromatic carbocycles. The van der Waals surface area contributed by atoms with Gasteiger partial charge in [-0.25, -0.2) is 9.97 Å². The molecule has 9 heteroatoms. The van der Waals surface area contributed by atoms with Gasteiger partial charge < -0.3 is 14.7 Å². The average Bonchev–Trinajstić information content (AvgIpc) is 2.80. The van der Waals surface area contributed by atoms with E-state index in [0.29, 0.717) is 12.1 Å². The van der Waals surface area contributed by atoms with Gasteiger partial charge in [0.1, 0.15) is 0 Å². The summed E-state index contributed by atoms with van der Waals surface area (Å²) in [6.45, 7) is 9.52. The molecule has 0 aliphatic carbocycles. The molecule has 9 nitrogen and oxygen atoms in total. The summed E-state index contributed by atoms with van der Waals surface area (Å²) in [5.74, 6) is 0.193. The highest BCUT2D eigenvalue weighted by molar-refractivity contribution is 5.95. The second kappa shape index (κ2) is 10.5. The van der Waals surface area contributed by atoms with Crippen LogP contribution in [-0.4, -0.2) is 67.6 Å². The second-order valence-corrected chi connectivity index (χ2v) is 7.18. The first-order chi connectivity index (χ1) is 14.6.